The van der Waals surface area contributed by atoms with Crippen LogP contribution in [-0.4, -0.2) is 27.5 Å². The Bertz CT molecular complexity index is 1100. The van der Waals surface area contributed by atoms with E-state index < -0.39 is 10.0 Å². The fraction of sp³-hybridized carbons (Fsp3) is 0.208. The van der Waals surface area contributed by atoms with Crippen molar-refractivity contribution in [3.05, 3.63) is 90.0 Å². The molecule has 0 radical (unpaired) electrons. The maximum absolute atomic E-state index is 12.6. The predicted molar refractivity (Wildman–Crippen MR) is 122 cm³/mol. The summed E-state index contributed by atoms with van der Waals surface area (Å²) >= 11 is 0. The number of sulfonamides is 1. The van der Waals surface area contributed by atoms with Crippen molar-refractivity contribution in [1.29, 1.82) is 0 Å². The van der Waals surface area contributed by atoms with E-state index in [-0.39, 0.29) is 16.8 Å². The molecule has 3 aromatic rings. The lowest BCUT2D eigenvalue weighted by Gasteiger charge is -2.14. The molecule has 0 fully saturated rings. The highest BCUT2D eigenvalue weighted by Crippen LogP contribution is 2.19. The van der Waals surface area contributed by atoms with Gasteiger partial charge in [0.1, 0.15) is 5.75 Å². The van der Waals surface area contributed by atoms with E-state index in [1.165, 1.54) is 29.8 Å². The van der Waals surface area contributed by atoms with E-state index in [1.54, 1.807) is 31.4 Å². The molecule has 1 atom stereocenters. The third kappa shape index (κ3) is 6.33. The lowest BCUT2D eigenvalue weighted by molar-refractivity contribution is 0.0938. The second kappa shape index (κ2) is 10.1. The molecule has 3 rings (SSSR count). The molecule has 1 unspecified atom stereocenters. The normalized spacial score (nSPS) is 12.1. The third-order valence-electron chi connectivity index (χ3n) is 4.86. The van der Waals surface area contributed by atoms with Crippen LogP contribution in [0.15, 0.2) is 83.8 Å². The van der Waals surface area contributed by atoms with Crippen molar-refractivity contribution < 1.29 is 17.9 Å². The fourth-order valence-electron chi connectivity index (χ4n) is 3.07. The molecule has 1 amide bonds. The molecular weight excluding hydrogens is 412 g/mol. The zero-order valence-corrected chi connectivity index (χ0v) is 18.4. The number of amides is 1. The lowest BCUT2D eigenvalue weighted by atomic mass is 10.1. The molecule has 0 saturated heterocycles. The minimum absolute atomic E-state index is 0.00662. The van der Waals surface area contributed by atoms with Gasteiger partial charge in [0.05, 0.1) is 12.0 Å². The van der Waals surface area contributed by atoms with Crippen LogP contribution in [0, 0.1) is 0 Å². The molecule has 0 saturated carbocycles. The van der Waals surface area contributed by atoms with Gasteiger partial charge < -0.3 is 10.1 Å². The highest BCUT2D eigenvalue weighted by molar-refractivity contribution is 7.92. The number of methoxy groups -OCH3 is 1. The van der Waals surface area contributed by atoms with Crippen LogP contribution in [0.4, 0.5) is 5.69 Å². The topological polar surface area (TPSA) is 84.5 Å². The molecule has 0 aliphatic heterocycles. The fourth-order valence-corrected chi connectivity index (χ4v) is 4.12. The van der Waals surface area contributed by atoms with Crippen molar-refractivity contribution in [3.8, 4) is 5.75 Å². The lowest BCUT2D eigenvalue weighted by Crippen LogP contribution is -2.32. The van der Waals surface area contributed by atoms with Gasteiger partial charge in [-0.2, -0.15) is 0 Å². The van der Waals surface area contributed by atoms with E-state index in [1.807, 2.05) is 25.1 Å². The van der Waals surface area contributed by atoms with Gasteiger partial charge in [0, 0.05) is 17.3 Å². The molecule has 0 aliphatic carbocycles. The average Bonchev–Trinajstić information content (AvgIpc) is 2.79. The van der Waals surface area contributed by atoms with Gasteiger partial charge in [-0.05, 0) is 73.9 Å². The van der Waals surface area contributed by atoms with Crippen molar-refractivity contribution >= 4 is 21.6 Å². The summed E-state index contributed by atoms with van der Waals surface area (Å²) in [6.45, 7) is 1.96. The zero-order chi connectivity index (χ0) is 22.3. The quantitative estimate of drug-likeness (QED) is 0.523. The number of carbonyl (C=O) groups excluding carboxylic acids is 1. The Labute approximate surface area is 183 Å². The summed E-state index contributed by atoms with van der Waals surface area (Å²) in [5, 5.41) is 2.96. The van der Waals surface area contributed by atoms with Crippen LogP contribution in [0.5, 0.6) is 5.75 Å². The number of rotatable bonds is 9. The second-order valence-electron chi connectivity index (χ2n) is 7.26. The number of benzene rings is 3. The molecular formula is C24H26N2O4S. The van der Waals surface area contributed by atoms with E-state index in [2.05, 4.69) is 22.2 Å². The Morgan fingerprint density at radius 2 is 1.58 bits per heavy atom. The summed E-state index contributed by atoms with van der Waals surface area (Å²) in [4.78, 5) is 12.6. The highest BCUT2D eigenvalue weighted by Gasteiger charge is 2.16. The van der Waals surface area contributed by atoms with E-state index in [0.717, 1.165) is 12.8 Å². The molecule has 3 aromatic carbocycles. The molecule has 0 aliphatic rings. The Balaban J connectivity index is 1.58. The van der Waals surface area contributed by atoms with Gasteiger partial charge in [-0.1, -0.05) is 30.3 Å². The molecule has 0 heterocycles. The van der Waals surface area contributed by atoms with Crippen LogP contribution in [0.2, 0.25) is 0 Å². The number of hydrogen-bond acceptors (Lipinski definition) is 4. The molecule has 7 heteroatoms. The number of hydrogen-bond donors (Lipinski definition) is 2. The smallest absolute Gasteiger partial charge is 0.261 e. The monoisotopic (exact) mass is 438 g/mol. The number of nitrogens with one attached hydrogen (secondary N) is 2. The summed E-state index contributed by atoms with van der Waals surface area (Å²) in [7, 11) is -2.22. The van der Waals surface area contributed by atoms with Crippen LogP contribution in [0.3, 0.4) is 0 Å². The zero-order valence-electron chi connectivity index (χ0n) is 17.5. The summed E-state index contributed by atoms with van der Waals surface area (Å²) < 4.78 is 32.8. The van der Waals surface area contributed by atoms with E-state index in [0.29, 0.717) is 17.0 Å². The van der Waals surface area contributed by atoms with Gasteiger partial charge in [-0.15, -0.1) is 0 Å². The minimum Gasteiger partial charge on any atom is -0.497 e. The number of carbonyl (C=O) groups is 1. The maximum atomic E-state index is 12.6. The van der Waals surface area contributed by atoms with Crippen molar-refractivity contribution in [2.75, 3.05) is 11.8 Å². The molecule has 0 spiro atoms. The molecule has 162 valence electrons. The van der Waals surface area contributed by atoms with Crippen LogP contribution in [0.25, 0.3) is 0 Å². The summed E-state index contributed by atoms with van der Waals surface area (Å²) in [5.41, 5.74) is 2.06. The van der Waals surface area contributed by atoms with Gasteiger partial charge in [0.2, 0.25) is 0 Å². The number of anilines is 1. The molecule has 6 nitrogen and oxygen atoms in total. The van der Waals surface area contributed by atoms with Crippen molar-refractivity contribution in [2.45, 2.75) is 30.7 Å². The first-order chi connectivity index (χ1) is 14.9. The summed E-state index contributed by atoms with van der Waals surface area (Å²) in [5.74, 6) is 0.406. The van der Waals surface area contributed by atoms with Crippen LogP contribution >= 0.6 is 0 Å². The highest BCUT2D eigenvalue weighted by atomic mass is 32.2. The second-order valence-corrected chi connectivity index (χ2v) is 8.94. The largest absolute Gasteiger partial charge is 0.497 e. The first-order valence-corrected chi connectivity index (χ1v) is 11.5. The van der Waals surface area contributed by atoms with Crippen molar-refractivity contribution in [3.63, 3.8) is 0 Å². The van der Waals surface area contributed by atoms with Gasteiger partial charge in [-0.3, -0.25) is 9.52 Å². The standard InChI is InChI=1S/C24H26N2O4S/c1-18(8-9-19-6-4-3-5-7-19)25-24(27)20-10-16-23(17-11-20)31(28,29)26-21-12-14-22(30-2)15-13-21/h3-7,10-18,26H,8-9H2,1-2H3,(H,25,27). The van der Waals surface area contributed by atoms with Crippen molar-refractivity contribution in [2.24, 2.45) is 0 Å². The van der Waals surface area contributed by atoms with Gasteiger partial charge in [0.15, 0.2) is 0 Å². The van der Waals surface area contributed by atoms with E-state index in [4.69, 9.17) is 4.74 Å². The third-order valence-corrected chi connectivity index (χ3v) is 6.25. The Hall–Kier alpha value is -3.32. The molecule has 0 aromatic heterocycles. The van der Waals surface area contributed by atoms with Crippen LogP contribution in [0.1, 0.15) is 29.3 Å². The Kier molecular flexibility index (Phi) is 7.31. The number of aryl methyl sites for hydroxylation is 1. The van der Waals surface area contributed by atoms with Gasteiger partial charge in [-0.25, -0.2) is 8.42 Å². The minimum atomic E-state index is -3.76. The van der Waals surface area contributed by atoms with Crippen LogP contribution < -0.4 is 14.8 Å². The van der Waals surface area contributed by atoms with E-state index in [9.17, 15) is 13.2 Å². The van der Waals surface area contributed by atoms with Gasteiger partial charge in [0.25, 0.3) is 15.9 Å². The maximum Gasteiger partial charge on any atom is 0.261 e. The van der Waals surface area contributed by atoms with Crippen LogP contribution in [-0.2, 0) is 16.4 Å². The molecule has 2 N–H and O–H groups in total. The first kappa shape index (κ1) is 22.4. The number of ether oxygens (including phenoxy) is 1. The first-order valence-electron chi connectivity index (χ1n) is 9.99. The SMILES string of the molecule is COc1ccc(NS(=O)(=O)c2ccc(C(=O)NC(C)CCc3ccccc3)cc2)cc1. The van der Waals surface area contributed by atoms with E-state index >= 15 is 0 Å². The summed E-state index contributed by atoms with van der Waals surface area (Å²) in [6.07, 6.45) is 1.69. The Morgan fingerprint density at radius 3 is 2.19 bits per heavy atom. The predicted octanol–water partition coefficient (Wildman–Crippen LogP) is 4.25. The average molecular weight is 439 g/mol. The van der Waals surface area contributed by atoms with Crippen molar-refractivity contribution in [1.82, 2.24) is 5.32 Å². The van der Waals surface area contributed by atoms with Gasteiger partial charge >= 0.3 is 0 Å². The Morgan fingerprint density at radius 1 is 0.935 bits per heavy atom. The molecule has 31 heavy (non-hydrogen) atoms. The summed E-state index contributed by atoms with van der Waals surface area (Å²) in [6, 6.07) is 22.6. The molecule has 0 bridgehead atoms.